The van der Waals surface area contributed by atoms with Crippen molar-refractivity contribution >= 4 is 5.69 Å². The van der Waals surface area contributed by atoms with Gasteiger partial charge in [-0.1, -0.05) is 6.07 Å². The summed E-state index contributed by atoms with van der Waals surface area (Å²) in [4.78, 5) is 2.05. The van der Waals surface area contributed by atoms with Gasteiger partial charge >= 0.3 is 0 Å². The molecule has 2 rings (SSSR count). The highest BCUT2D eigenvalue weighted by atomic mass is 16.3. The molecule has 1 unspecified atom stereocenters. The van der Waals surface area contributed by atoms with Gasteiger partial charge in [0.15, 0.2) is 0 Å². The van der Waals surface area contributed by atoms with Crippen molar-refractivity contribution in [2.45, 2.75) is 32.0 Å². The largest absolute Gasteiger partial charge is 0.391 e. The van der Waals surface area contributed by atoms with Crippen LogP contribution < -0.4 is 4.90 Å². The van der Waals surface area contributed by atoms with Crippen LogP contribution in [0.15, 0.2) is 18.2 Å². The van der Waals surface area contributed by atoms with Gasteiger partial charge in [-0.3, -0.25) is 0 Å². The van der Waals surface area contributed by atoms with Crippen LogP contribution in [0.25, 0.3) is 0 Å². The SMILES string of the molecule is C[C@@H](O)c1ccc(C#N)cc1N1CCCC(O)C1. The molecule has 0 aromatic heterocycles. The molecule has 1 aliphatic rings. The van der Waals surface area contributed by atoms with Crippen molar-refractivity contribution in [3.05, 3.63) is 29.3 Å². The molecule has 0 amide bonds. The third-order valence-corrected chi connectivity index (χ3v) is 3.35. The van der Waals surface area contributed by atoms with Crippen LogP contribution in [-0.4, -0.2) is 29.4 Å². The number of rotatable bonds is 2. The predicted molar refractivity (Wildman–Crippen MR) is 69.2 cm³/mol. The molecular weight excluding hydrogens is 228 g/mol. The van der Waals surface area contributed by atoms with Crippen LogP contribution in [0, 0.1) is 11.3 Å². The number of anilines is 1. The molecule has 0 radical (unpaired) electrons. The molecule has 0 saturated carbocycles. The molecule has 1 saturated heterocycles. The molecule has 4 heteroatoms. The first-order valence-corrected chi connectivity index (χ1v) is 6.27. The lowest BCUT2D eigenvalue weighted by Crippen LogP contribution is -2.38. The number of benzene rings is 1. The smallest absolute Gasteiger partial charge is 0.0992 e. The Morgan fingerprint density at radius 3 is 2.89 bits per heavy atom. The van der Waals surface area contributed by atoms with E-state index in [0.29, 0.717) is 12.1 Å². The van der Waals surface area contributed by atoms with E-state index in [1.165, 1.54) is 0 Å². The minimum Gasteiger partial charge on any atom is -0.391 e. The van der Waals surface area contributed by atoms with E-state index in [-0.39, 0.29) is 6.10 Å². The van der Waals surface area contributed by atoms with Gasteiger partial charge < -0.3 is 15.1 Å². The van der Waals surface area contributed by atoms with E-state index < -0.39 is 6.10 Å². The van der Waals surface area contributed by atoms with E-state index >= 15 is 0 Å². The van der Waals surface area contributed by atoms with Crippen molar-refractivity contribution in [1.82, 2.24) is 0 Å². The van der Waals surface area contributed by atoms with Gasteiger partial charge in [-0.25, -0.2) is 0 Å². The Balaban J connectivity index is 2.37. The van der Waals surface area contributed by atoms with Crippen LogP contribution in [0.2, 0.25) is 0 Å². The first-order valence-electron chi connectivity index (χ1n) is 6.27. The minimum atomic E-state index is -0.577. The van der Waals surface area contributed by atoms with Crippen molar-refractivity contribution in [3.8, 4) is 6.07 Å². The second-order valence-electron chi connectivity index (χ2n) is 4.80. The predicted octanol–water partition coefficient (Wildman–Crippen LogP) is 1.57. The summed E-state index contributed by atoms with van der Waals surface area (Å²) in [6.45, 7) is 3.13. The number of aliphatic hydroxyl groups excluding tert-OH is 2. The van der Waals surface area contributed by atoms with Gasteiger partial charge in [0.05, 0.1) is 23.8 Å². The van der Waals surface area contributed by atoms with Crippen LogP contribution >= 0.6 is 0 Å². The topological polar surface area (TPSA) is 67.5 Å². The number of hydrogen-bond donors (Lipinski definition) is 2. The standard InChI is InChI=1S/C14H18N2O2/c1-10(17)13-5-4-11(8-15)7-14(13)16-6-2-3-12(18)9-16/h4-5,7,10,12,17-18H,2-3,6,9H2,1H3/t10-,12?/m1/s1. The fraction of sp³-hybridized carbons (Fsp3) is 0.500. The summed E-state index contributed by atoms with van der Waals surface area (Å²) in [6.07, 6.45) is 0.841. The second-order valence-corrected chi connectivity index (χ2v) is 4.80. The highest BCUT2D eigenvalue weighted by Gasteiger charge is 2.21. The average Bonchev–Trinajstić information content (AvgIpc) is 2.38. The van der Waals surface area contributed by atoms with Crippen LogP contribution in [0.3, 0.4) is 0 Å². The van der Waals surface area contributed by atoms with Crippen molar-refractivity contribution in [2.24, 2.45) is 0 Å². The summed E-state index contributed by atoms with van der Waals surface area (Å²) < 4.78 is 0. The Morgan fingerprint density at radius 2 is 2.28 bits per heavy atom. The van der Waals surface area contributed by atoms with Gasteiger partial charge in [-0.05, 0) is 31.9 Å². The van der Waals surface area contributed by atoms with E-state index in [1.807, 2.05) is 0 Å². The number of β-amino-alcohol motifs (C(OH)–C–C–N with tert-alkyl or cyclic N) is 1. The van der Waals surface area contributed by atoms with Crippen LogP contribution in [0.4, 0.5) is 5.69 Å². The molecule has 1 aliphatic heterocycles. The van der Waals surface area contributed by atoms with Crippen LogP contribution in [-0.2, 0) is 0 Å². The Morgan fingerprint density at radius 1 is 1.50 bits per heavy atom. The van der Waals surface area contributed by atoms with Gasteiger partial charge in [0.2, 0.25) is 0 Å². The third kappa shape index (κ3) is 2.63. The molecule has 0 aliphatic carbocycles. The zero-order valence-corrected chi connectivity index (χ0v) is 10.5. The number of nitrogens with zero attached hydrogens (tertiary/aromatic N) is 2. The molecule has 2 atom stereocenters. The van der Waals surface area contributed by atoms with E-state index in [0.717, 1.165) is 30.6 Å². The Labute approximate surface area is 107 Å². The van der Waals surface area contributed by atoms with E-state index in [4.69, 9.17) is 5.26 Å². The highest BCUT2D eigenvalue weighted by molar-refractivity contribution is 5.58. The summed E-state index contributed by atoms with van der Waals surface area (Å²) in [5, 5.41) is 28.5. The normalized spacial score (nSPS) is 21.4. The Kier molecular flexibility index (Phi) is 3.85. The maximum absolute atomic E-state index is 9.79. The monoisotopic (exact) mass is 246 g/mol. The fourth-order valence-electron chi connectivity index (χ4n) is 2.41. The number of hydrogen-bond acceptors (Lipinski definition) is 4. The summed E-state index contributed by atoms with van der Waals surface area (Å²) in [5.41, 5.74) is 2.25. The van der Waals surface area contributed by atoms with Crippen molar-refractivity contribution < 1.29 is 10.2 Å². The van der Waals surface area contributed by atoms with Crippen LogP contribution in [0.1, 0.15) is 37.0 Å². The summed E-state index contributed by atoms with van der Waals surface area (Å²) >= 11 is 0. The summed E-state index contributed by atoms with van der Waals surface area (Å²) in [6, 6.07) is 7.41. The molecule has 18 heavy (non-hydrogen) atoms. The summed E-state index contributed by atoms with van der Waals surface area (Å²) in [5.74, 6) is 0. The number of nitriles is 1. The van der Waals surface area contributed by atoms with E-state index in [9.17, 15) is 10.2 Å². The number of piperidine rings is 1. The van der Waals surface area contributed by atoms with Crippen LogP contribution in [0.5, 0.6) is 0 Å². The first-order chi connectivity index (χ1) is 8.61. The molecule has 1 heterocycles. The first kappa shape index (κ1) is 12.9. The number of aliphatic hydroxyl groups is 2. The van der Waals surface area contributed by atoms with Gasteiger partial charge in [0, 0.05) is 24.3 Å². The lowest BCUT2D eigenvalue weighted by Gasteiger charge is -2.34. The minimum absolute atomic E-state index is 0.327. The maximum atomic E-state index is 9.79. The van der Waals surface area contributed by atoms with Gasteiger partial charge in [-0.15, -0.1) is 0 Å². The lowest BCUT2D eigenvalue weighted by molar-refractivity contribution is 0.153. The fourth-order valence-corrected chi connectivity index (χ4v) is 2.41. The molecule has 0 bridgehead atoms. The lowest BCUT2D eigenvalue weighted by atomic mass is 10.0. The van der Waals surface area contributed by atoms with Crippen molar-refractivity contribution in [3.63, 3.8) is 0 Å². The third-order valence-electron chi connectivity index (χ3n) is 3.35. The molecule has 96 valence electrons. The Hall–Kier alpha value is -1.57. The average molecular weight is 246 g/mol. The van der Waals surface area contributed by atoms with E-state index in [1.54, 1.807) is 25.1 Å². The van der Waals surface area contributed by atoms with Gasteiger partial charge in [-0.2, -0.15) is 5.26 Å². The van der Waals surface area contributed by atoms with Gasteiger partial charge in [0.25, 0.3) is 0 Å². The second kappa shape index (κ2) is 5.38. The molecule has 2 N–H and O–H groups in total. The maximum Gasteiger partial charge on any atom is 0.0992 e. The molecular formula is C14H18N2O2. The zero-order valence-electron chi connectivity index (χ0n) is 10.5. The molecule has 1 fully saturated rings. The zero-order chi connectivity index (χ0) is 13.1. The highest BCUT2D eigenvalue weighted by Crippen LogP contribution is 2.29. The summed E-state index contributed by atoms with van der Waals surface area (Å²) in [7, 11) is 0. The van der Waals surface area contributed by atoms with E-state index in [2.05, 4.69) is 11.0 Å². The molecule has 1 aromatic rings. The molecule has 1 aromatic carbocycles. The van der Waals surface area contributed by atoms with Gasteiger partial charge in [0.1, 0.15) is 0 Å². The van der Waals surface area contributed by atoms with Crippen molar-refractivity contribution in [1.29, 1.82) is 5.26 Å². The molecule has 4 nitrogen and oxygen atoms in total. The Bertz CT molecular complexity index is 465. The quantitative estimate of drug-likeness (QED) is 0.831. The van der Waals surface area contributed by atoms with Crippen molar-refractivity contribution in [2.75, 3.05) is 18.0 Å². The molecule has 0 spiro atoms.